The van der Waals surface area contributed by atoms with Crippen molar-refractivity contribution in [3.05, 3.63) is 29.3 Å². The Morgan fingerprint density at radius 2 is 2.11 bits per heavy atom. The van der Waals surface area contributed by atoms with Gasteiger partial charge >= 0.3 is 0 Å². The Labute approximate surface area is 109 Å². The molecule has 0 unspecified atom stereocenters. The first kappa shape index (κ1) is 14.5. The van der Waals surface area contributed by atoms with Crippen LogP contribution in [0.1, 0.15) is 37.8 Å². The van der Waals surface area contributed by atoms with Gasteiger partial charge in [-0.15, -0.1) is 0 Å². The second kappa shape index (κ2) is 6.42. The number of benzene rings is 1. The second-order valence-corrected chi connectivity index (χ2v) is 5.51. The van der Waals surface area contributed by atoms with Crippen molar-refractivity contribution in [1.82, 2.24) is 0 Å². The molecule has 0 heterocycles. The highest BCUT2D eigenvalue weighted by Gasteiger charge is 2.17. The molecule has 0 saturated heterocycles. The molecular weight excluding hydrogens is 224 g/mol. The molecule has 0 radical (unpaired) electrons. The van der Waals surface area contributed by atoms with E-state index in [1.165, 1.54) is 0 Å². The minimum atomic E-state index is 0.110. The minimum absolute atomic E-state index is 0.110. The van der Waals surface area contributed by atoms with Crippen molar-refractivity contribution in [3.63, 3.8) is 0 Å². The van der Waals surface area contributed by atoms with Crippen molar-refractivity contribution in [2.24, 2.45) is 5.41 Å². The fraction of sp³-hybridized carbons (Fsp3) is 0.533. The van der Waals surface area contributed by atoms with E-state index in [0.717, 1.165) is 30.6 Å². The Bertz CT molecular complexity index is 433. The van der Waals surface area contributed by atoms with Crippen molar-refractivity contribution < 1.29 is 5.11 Å². The number of hydrogen-bond acceptors (Lipinski definition) is 3. The van der Waals surface area contributed by atoms with Gasteiger partial charge in [0.15, 0.2) is 0 Å². The number of aryl methyl sites for hydroxylation is 1. The summed E-state index contributed by atoms with van der Waals surface area (Å²) < 4.78 is 0. The van der Waals surface area contributed by atoms with E-state index in [4.69, 9.17) is 10.4 Å². The number of aliphatic hydroxyl groups excluding tert-OH is 1. The largest absolute Gasteiger partial charge is 0.396 e. The average Bonchev–Trinajstić information content (AvgIpc) is 2.34. The minimum Gasteiger partial charge on any atom is -0.396 e. The van der Waals surface area contributed by atoms with Gasteiger partial charge in [0.05, 0.1) is 11.3 Å². The number of nitrogens with one attached hydrogen (secondary N) is 1. The molecule has 0 spiro atoms. The lowest BCUT2D eigenvalue weighted by Crippen LogP contribution is -2.23. The third kappa shape index (κ3) is 4.38. The number of aliphatic hydroxyl groups is 1. The summed E-state index contributed by atoms with van der Waals surface area (Å²) in [6.45, 7) is 7.38. The molecule has 3 nitrogen and oxygen atoms in total. The topological polar surface area (TPSA) is 56.0 Å². The molecule has 0 aromatic heterocycles. The van der Waals surface area contributed by atoms with Gasteiger partial charge < -0.3 is 10.4 Å². The lowest BCUT2D eigenvalue weighted by Gasteiger charge is -2.25. The van der Waals surface area contributed by atoms with Gasteiger partial charge in [0.1, 0.15) is 6.07 Å². The molecule has 0 bridgehead atoms. The summed E-state index contributed by atoms with van der Waals surface area (Å²) in [6.07, 6.45) is 1.78. The first-order valence-corrected chi connectivity index (χ1v) is 6.34. The van der Waals surface area contributed by atoms with Crippen molar-refractivity contribution in [1.29, 1.82) is 5.26 Å². The predicted molar refractivity (Wildman–Crippen MR) is 74.5 cm³/mol. The Morgan fingerprint density at radius 3 is 2.72 bits per heavy atom. The van der Waals surface area contributed by atoms with Gasteiger partial charge in [-0.3, -0.25) is 0 Å². The lowest BCUT2D eigenvalue weighted by molar-refractivity contribution is 0.248. The molecule has 0 fully saturated rings. The molecule has 0 amide bonds. The number of rotatable bonds is 6. The Hall–Kier alpha value is -1.53. The van der Waals surface area contributed by atoms with E-state index in [1.54, 1.807) is 0 Å². The first-order chi connectivity index (χ1) is 8.48. The zero-order valence-electron chi connectivity index (χ0n) is 11.5. The third-order valence-electron chi connectivity index (χ3n) is 3.06. The standard InChI is InChI=1S/C15H22N2O/c1-12-5-6-13(10-16)14(9-12)17-11-15(2,3)7-4-8-18/h5-6,9,17-18H,4,7-8,11H2,1-3H3. The molecule has 98 valence electrons. The summed E-state index contributed by atoms with van der Waals surface area (Å²) in [4.78, 5) is 0. The highest BCUT2D eigenvalue weighted by Crippen LogP contribution is 2.24. The maximum absolute atomic E-state index is 9.06. The number of anilines is 1. The molecular formula is C15H22N2O. The molecule has 0 aliphatic heterocycles. The molecule has 1 aromatic rings. The summed E-state index contributed by atoms with van der Waals surface area (Å²) >= 11 is 0. The first-order valence-electron chi connectivity index (χ1n) is 6.34. The highest BCUT2D eigenvalue weighted by atomic mass is 16.2. The van der Waals surface area contributed by atoms with Gasteiger partial charge in [-0.2, -0.15) is 5.26 Å². The highest BCUT2D eigenvalue weighted by molar-refractivity contribution is 5.58. The normalized spacial score (nSPS) is 11.1. The van der Waals surface area contributed by atoms with Gasteiger partial charge in [0.2, 0.25) is 0 Å². The predicted octanol–water partition coefficient (Wildman–Crippen LogP) is 3.08. The number of nitrogens with zero attached hydrogens (tertiary/aromatic N) is 1. The number of hydrogen-bond donors (Lipinski definition) is 2. The molecule has 18 heavy (non-hydrogen) atoms. The molecule has 0 saturated carbocycles. The fourth-order valence-electron chi connectivity index (χ4n) is 1.88. The molecule has 2 N–H and O–H groups in total. The van der Waals surface area contributed by atoms with Crippen LogP contribution in [0.25, 0.3) is 0 Å². The van der Waals surface area contributed by atoms with Crippen LogP contribution in [-0.2, 0) is 0 Å². The molecule has 0 aliphatic carbocycles. The van der Waals surface area contributed by atoms with Crippen LogP contribution in [0.2, 0.25) is 0 Å². The van der Waals surface area contributed by atoms with Crippen LogP contribution in [0.4, 0.5) is 5.69 Å². The van der Waals surface area contributed by atoms with Crippen LogP contribution in [0.5, 0.6) is 0 Å². The van der Waals surface area contributed by atoms with Gasteiger partial charge in [0.25, 0.3) is 0 Å². The van der Waals surface area contributed by atoms with Crippen molar-refractivity contribution in [2.75, 3.05) is 18.5 Å². The van der Waals surface area contributed by atoms with E-state index in [0.29, 0.717) is 5.56 Å². The maximum Gasteiger partial charge on any atom is 0.101 e. The third-order valence-corrected chi connectivity index (χ3v) is 3.06. The van der Waals surface area contributed by atoms with Crippen LogP contribution in [-0.4, -0.2) is 18.3 Å². The maximum atomic E-state index is 9.06. The van der Waals surface area contributed by atoms with Crippen molar-refractivity contribution in [2.45, 2.75) is 33.6 Å². The monoisotopic (exact) mass is 246 g/mol. The Balaban J connectivity index is 2.68. The zero-order valence-corrected chi connectivity index (χ0v) is 11.5. The molecule has 3 heteroatoms. The van der Waals surface area contributed by atoms with Gasteiger partial charge in [-0.05, 0) is 42.9 Å². The summed E-state index contributed by atoms with van der Waals surface area (Å²) in [5.41, 5.74) is 2.83. The summed E-state index contributed by atoms with van der Waals surface area (Å²) in [7, 11) is 0. The van der Waals surface area contributed by atoms with Crippen molar-refractivity contribution in [3.8, 4) is 6.07 Å². The Kier molecular flexibility index (Phi) is 5.18. The van der Waals surface area contributed by atoms with Crippen LogP contribution in [0.3, 0.4) is 0 Å². The summed E-state index contributed by atoms with van der Waals surface area (Å²) in [5, 5.41) is 21.3. The summed E-state index contributed by atoms with van der Waals surface area (Å²) in [6, 6.07) is 7.99. The van der Waals surface area contributed by atoms with Crippen LogP contribution in [0, 0.1) is 23.7 Å². The number of nitriles is 1. The van der Waals surface area contributed by atoms with Crippen LogP contribution >= 0.6 is 0 Å². The van der Waals surface area contributed by atoms with Crippen LogP contribution in [0.15, 0.2) is 18.2 Å². The van der Waals surface area contributed by atoms with Gasteiger partial charge in [-0.1, -0.05) is 19.9 Å². The van der Waals surface area contributed by atoms with Crippen LogP contribution < -0.4 is 5.32 Å². The Morgan fingerprint density at radius 1 is 1.39 bits per heavy atom. The average molecular weight is 246 g/mol. The lowest BCUT2D eigenvalue weighted by atomic mass is 9.87. The second-order valence-electron chi connectivity index (χ2n) is 5.51. The molecule has 1 rings (SSSR count). The van der Waals surface area contributed by atoms with E-state index in [1.807, 2.05) is 25.1 Å². The SMILES string of the molecule is Cc1ccc(C#N)c(NCC(C)(C)CCCO)c1. The quantitative estimate of drug-likeness (QED) is 0.811. The molecule has 1 aromatic carbocycles. The van der Waals surface area contributed by atoms with E-state index in [-0.39, 0.29) is 12.0 Å². The summed E-state index contributed by atoms with van der Waals surface area (Å²) in [5.74, 6) is 0. The molecule has 0 aliphatic rings. The molecule has 0 atom stereocenters. The zero-order chi connectivity index (χ0) is 13.6. The smallest absolute Gasteiger partial charge is 0.101 e. The van der Waals surface area contributed by atoms with Crippen molar-refractivity contribution >= 4 is 5.69 Å². The van der Waals surface area contributed by atoms with E-state index >= 15 is 0 Å². The fourth-order valence-corrected chi connectivity index (χ4v) is 1.88. The van der Waals surface area contributed by atoms with Gasteiger partial charge in [-0.25, -0.2) is 0 Å². The van der Waals surface area contributed by atoms with Gasteiger partial charge in [0, 0.05) is 13.2 Å². The van der Waals surface area contributed by atoms with E-state index in [2.05, 4.69) is 25.2 Å². The van der Waals surface area contributed by atoms with E-state index < -0.39 is 0 Å². The van der Waals surface area contributed by atoms with E-state index in [9.17, 15) is 0 Å².